The normalized spacial score (nSPS) is 13.2. The molecule has 0 aliphatic heterocycles. The molecule has 1 aliphatic rings. The summed E-state index contributed by atoms with van der Waals surface area (Å²) in [5.74, 6) is 0. The molecule has 0 N–H and O–H groups in total. The smallest absolute Gasteiger partial charge is 0.143 e. The van der Waals surface area contributed by atoms with Crippen LogP contribution < -0.4 is 4.90 Å². The van der Waals surface area contributed by atoms with E-state index < -0.39 is 0 Å². The third-order valence-corrected chi connectivity index (χ3v) is 11.7. The number of hydrogen-bond donors (Lipinski definition) is 0. The van der Waals surface area contributed by atoms with Gasteiger partial charge in [-0.25, -0.2) is 0 Å². The number of para-hydroxylation sites is 3. The predicted octanol–water partition coefficient (Wildman–Crippen LogP) is 15.8. The highest BCUT2D eigenvalue weighted by atomic mass is 16.3. The molecule has 3 heteroatoms. The van der Waals surface area contributed by atoms with Gasteiger partial charge in [0.05, 0.1) is 0 Å². The van der Waals surface area contributed by atoms with Crippen molar-refractivity contribution >= 4 is 60.8 Å². The van der Waals surface area contributed by atoms with Gasteiger partial charge in [-0.1, -0.05) is 146 Å². The molecular weight excluding hydrogens is 707 g/mol. The van der Waals surface area contributed by atoms with Gasteiger partial charge in [0.1, 0.15) is 22.3 Å². The van der Waals surface area contributed by atoms with Gasteiger partial charge < -0.3 is 13.7 Å². The fraction of sp³-hybridized carbons (Fsp3) is 0.0545. The lowest BCUT2D eigenvalue weighted by atomic mass is 9.90. The molecule has 0 amide bonds. The van der Waals surface area contributed by atoms with Gasteiger partial charge in [0, 0.05) is 44.2 Å². The van der Waals surface area contributed by atoms with E-state index in [4.69, 9.17) is 8.83 Å². The number of rotatable bonds is 7. The van der Waals surface area contributed by atoms with Crippen LogP contribution in [0.4, 0.5) is 11.4 Å². The maximum Gasteiger partial charge on any atom is 0.143 e. The largest absolute Gasteiger partial charge is 0.456 e. The van der Waals surface area contributed by atoms with E-state index in [1.165, 1.54) is 39.1 Å². The van der Waals surface area contributed by atoms with Crippen molar-refractivity contribution in [2.24, 2.45) is 0 Å². The van der Waals surface area contributed by atoms with Crippen LogP contribution in [0.5, 0.6) is 0 Å². The van der Waals surface area contributed by atoms with E-state index in [0.29, 0.717) is 0 Å². The van der Waals surface area contributed by atoms with E-state index in [1.807, 2.05) is 18.2 Å². The second-order valence-corrected chi connectivity index (χ2v) is 15.1. The molecule has 11 rings (SSSR count). The van der Waals surface area contributed by atoms with E-state index in [0.717, 1.165) is 85.6 Å². The molecule has 58 heavy (non-hydrogen) atoms. The summed E-state index contributed by atoms with van der Waals surface area (Å²) in [7, 11) is 0. The fourth-order valence-corrected chi connectivity index (χ4v) is 8.81. The standard InChI is InChI=1S/C55H39NO2/c1-3-13-37(14-4-1)38-25-30-43(31-26-38)56(44-33-28-41(29-34-44)45-21-12-22-48-46-19-7-10-24-53(46)58-55(45)48)42-18-11-17-40(27-32-42)50-36-54-51(47-20-8-9-23-52(47)57-54)35-49(50)39-15-5-2-6-16-39/h1-10,12-16,19-36H,11,17-18H2. The van der Waals surface area contributed by atoms with Gasteiger partial charge in [0.25, 0.3) is 0 Å². The molecule has 0 saturated heterocycles. The van der Waals surface area contributed by atoms with Gasteiger partial charge in [-0.2, -0.15) is 0 Å². The van der Waals surface area contributed by atoms with Crippen LogP contribution in [-0.4, -0.2) is 0 Å². The lowest BCUT2D eigenvalue weighted by molar-refractivity contribution is 0.668. The monoisotopic (exact) mass is 745 g/mol. The number of furan rings is 2. The SMILES string of the molecule is C1=C(c2cc3oc4ccccc4c3cc2-c2ccccc2)CCCC(N(c2ccc(-c3ccccc3)cc2)c2ccc(-c3cccc4c3oc3ccccc34)cc2)=C1. The maximum atomic E-state index is 6.45. The van der Waals surface area contributed by atoms with E-state index >= 15 is 0 Å². The first-order valence-electron chi connectivity index (χ1n) is 20.1. The molecule has 2 aromatic heterocycles. The lowest BCUT2D eigenvalue weighted by Gasteiger charge is -2.28. The minimum atomic E-state index is 0.910. The molecule has 8 aromatic carbocycles. The summed E-state index contributed by atoms with van der Waals surface area (Å²) in [6, 6.07) is 67.0. The average Bonchev–Trinajstić information content (AvgIpc) is 3.76. The summed E-state index contributed by atoms with van der Waals surface area (Å²) in [5.41, 5.74) is 16.8. The number of nitrogens with zero attached hydrogens (tertiary/aromatic N) is 1. The van der Waals surface area contributed by atoms with Crippen molar-refractivity contribution in [2.45, 2.75) is 19.3 Å². The molecule has 0 unspecified atom stereocenters. The van der Waals surface area contributed by atoms with Gasteiger partial charge in [-0.05, 0) is 113 Å². The second kappa shape index (κ2) is 14.3. The maximum absolute atomic E-state index is 6.45. The van der Waals surface area contributed by atoms with Gasteiger partial charge in [0.2, 0.25) is 0 Å². The van der Waals surface area contributed by atoms with Crippen molar-refractivity contribution in [3.05, 3.63) is 211 Å². The first kappa shape index (κ1) is 33.9. The molecule has 0 atom stereocenters. The molecule has 0 spiro atoms. The molecule has 1 aliphatic carbocycles. The van der Waals surface area contributed by atoms with Crippen molar-refractivity contribution in [1.82, 2.24) is 0 Å². The first-order valence-corrected chi connectivity index (χ1v) is 20.1. The summed E-state index contributed by atoms with van der Waals surface area (Å²) >= 11 is 0. The number of allylic oxidation sites excluding steroid dienone is 4. The first-order chi connectivity index (χ1) is 28.7. The van der Waals surface area contributed by atoms with Crippen molar-refractivity contribution in [3.63, 3.8) is 0 Å². The Morgan fingerprint density at radius 3 is 1.66 bits per heavy atom. The summed E-state index contributed by atoms with van der Waals surface area (Å²) in [6.45, 7) is 0. The van der Waals surface area contributed by atoms with Crippen LogP contribution in [0.1, 0.15) is 24.8 Å². The van der Waals surface area contributed by atoms with Crippen LogP contribution in [0.2, 0.25) is 0 Å². The Hall–Kier alpha value is -7.36. The Morgan fingerprint density at radius 2 is 0.931 bits per heavy atom. The van der Waals surface area contributed by atoms with Crippen LogP contribution >= 0.6 is 0 Å². The van der Waals surface area contributed by atoms with Crippen LogP contribution in [0.25, 0.3) is 82.8 Å². The predicted molar refractivity (Wildman–Crippen MR) is 242 cm³/mol. The van der Waals surface area contributed by atoms with Crippen molar-refractivity contribution in [3.8, 4) is 33.4 Å². The third kappa shape index (κ3) is 6.00. The highest BCUT2D eigenvalue weighted by Crippen LogP contribution is 2.42. The van der Waals surface area contributed by atoms with E-state index in [-0.39, 0.29) is 0 Å². The molecule has 10 aromatic rings. The minimum Gasteiger partial charge on any atom is -0.456 e. The molecule has 276 valence electrons. The summed E-state index contributed by atoms with van der Waals surface area (Å²) in [6.07, 6.45) is 7.57. The van der Waals surface area contributed by atoms with Crippen molar-refractivity contribution in [1.29, 1.82) is 0 Å². The average molecular weight is 746 g/mol. The molecular formula is C55H39NO2. The fourth-order valence-electron chi connectivity index (χ4n) is 8.81. The van der Waals surface area contributed by atoms with E-state index in [9.17, 15) is 0 Å². The highest BCUT2D eigenvalue weighted by molar-refractivity contribution is 6.10. The lowest BCUT2D eigenvalue weighted by Crippen LogP contribution is -2.16. The van der Waals surface area contributed by atoms with Crippen LogP contribution in [-0.2, 0) is 0 Å². The molecule has 0 saturated carbocycles. The van der Waals surface area contributed by atoms with Crippen molar-refractivity contribution < 1.29 is 8.83 Å². The van der Waals surface area contributed by atoms with Crippen molar-refractivity contribution in [2.75, 3.05) is 4.90 Å². The molecule has 3 nitrogen and oxygen atoms in total. The molecule has 0 bridgehead atoms. The molecule has 0 fully saturated rings. The van der Waals surface area contributed by atoms with E-state index in [2.05, 4.69) is 187 Å². The van der Waals surface area contributed by atoms with E-state index in [1.54, 1.807) is 0 Å². The van der Waals surface area contributed by atoms with Gasteiger partial charge in [0.15, 0.2) is 0 Å². The van der Waals surface area contributed by atoms with Gasteiger partial charge >= 0.3 is 0 Å². The summed E-state index contributed by atoms with van der Waals surface area (Å²) < 4.78 is 12.9. The van der Waals surface area contributed by atoms with Gasteiger partial charge in [-0.3, -0.25) is 0 Å². The second-order valence-electron chi connectivity index (χ2n) is 15.1. The number of benzene rings is 8. The Bertz CT molecular complexity index is 3170. The summed E-state index contributed by atoms with van der Waals surface area (Å²) in [4.78, 5) is 2.43. The third-order valence-electron chi connectivity index (χ3n) is 11.7. The number of hydrogen-bond acceptors (Lipinski definition) is 3. The minimum absolute atomic E-state index is 0.910. The number of fused-ring (bicyclic) bond motifs is 6. The Labute approximate surface area is 337 Å². The zero-order chi connectivity index (χ0) is 38.4. The zero-order valence-electron chi connectivity index (χ0n) is 31.9. The molecule has 2 heterocycles. The Balaban J connectivity index is 1.02. The zero-order valence-corrected chi connectivity index (χ0v) is 31.9. The Morgan fingerprint density at radius 1 is 0.362 bits per heavy atom. The summed E-state index contributed by atoms with van der Waals surface area (Å²) in [5, 5.41) is 4.57. The van der Waals surface area contributed by atoms with Gasteiger partial charge in [-0.15, -0.1) is 0 Å². The topological polar surface area (TPSA) is 29.5 Å². The van der Waals surface area contributed by atoms with Crippen LogP contribution in [0, 0.1) is 0 Å². The van der Waals surface area contributed by atoms with Crippen LogP contribution in [0.3, 0.4) is 0 Å². The highest BCUT2D eigenvalue weighted by Gasteiger charge is 2.21. The molecule has 0 radical (unpaired) electrons. The number of anilines is 2. The Kier molecular flexibility index (Phi) is 8.36. The van der Waals surface area contributed by atoms with Crippen LogP contribution in [0.15, 0.2) is 215 Å². The quantitative estimate of drug-likeness (QED) is 0.163.